The van der Waals surface area contributed by atoms with E-state index in [9.17, 15) is 73.2 Å². The smallest absolute Gasteiger partial charge is 0.871 e. The van der Waals surface area contributed by atoms with Gasteiger partial charge in [0.05, 0.1) is 11.1 Å². The zero-order valence-electron chi connectivity index (χ0n) is 66.1. The van der Waals surface area contributed by atoms with Crippen LogP contribution in [0.5, 0.6) is 29.0 Å². The van der Waals surface area contributed by atoms with Crippen LogP contribution in [0.25, 0.3) is 0 Å². The summed E-state index contributed by atoms with van der Waals surface area (Å²) in [6.45, 7) is 2.03. The summed E-state index contributed by atoms with van der Waals surface area (Å²) in [5.41, 5.74) is 6.60. The van der Waals surface area contributed by atoms with E-state index in [-0.39, 0.29) is 270 Å². The Labute approximate surface area is 720 Å². The molecule has 3 atom stereocenters. The van der Waals surface area contributed by atoms with Gasteiger partial charge in [0.15, 0.2) is 0 Å². The molecule has 0 radical (unpaired) electrons. The van der Waals surface area contributed by atoms with Crippen LogP contribution >= 0.6 is 0 Å². The van der Waals surface area contributed by atoms with Gasteiger partial charge in [0, 0.05) is 208 Å². The third-order valence-electron chi connectivity index (χ3n) is 20.4. The normalized spacial score (nSPS) is 18.5. The van der Waals surface area contributed by atoms with Crippen LogP contribution in [0.15, 0.2) is 134 Å². The molecule has 0 aliphatic carbocycles. The van der Waals surface area contributed by atoms with Crippen LogP contribution < -0.4 is 84.3 Å². The summed E-state index contributed by atoms with van der Waals surface area (Å²) in [6, 6.07) is 31.9. The molecule has 5 heterocycles. The molecule has 119 heavy (non-hydrogen) atoms. The van der Waals surface area contributed by atoms with E-state index in [1.165, 1.54) is 79.0 Å². The SMILES string of the molecule is Nc1ccnc(OCc2ccc(CNC(=O)c3ccc(CNC(=O)CCCCCCC(=O)NCCCCC4CN5CCNC(=O)c6cccc(c6[O-])C(=O)NCCN(CCNC(=O)c6cccc(c6O)C(=O)N4)CCN4CCNC(=O)c6cccc(c6[O-])C(=O)NCCN(CCNC(=O)c6cccc(c6[O-])C(=O)NCC4)CC5)cc3)cc2)n1.[Tb+3]. The van der Waals surface area contributed by atoms with E-state index in [0.29, 0.717) is 56.5 Å². The molecule has 6 aromatic carbocycles. The molecule has 12 bridgehead atoms. The van der Waals surface area contributed by atoms with Gasteiger partial charge in [-0.3, -0.25) is 72.3 Å². The predicted octanol–water partition coefficient (Wildman–Crippen LogP) is 0.994. The average molecular weight is 1780 g/mol. The van der Waals surface area contributed by atoms with Crippen molar-refractivity contribution in [3.63, 3.8) is 0 Å². The number of para-hydroxylation sites is 4. The summed E-state index contributed by atoms with van der Waals surface area (Å²) < 4.78 is 5.60. The molecule has 0 fully saturated rings. The minimum atomic E-state index is -0.819. The first kappa shape index (κ1) is 91.4. The molecule has 0 saturated carbocycles. The van der Waals surface area contributed by atoms with E-state index in [1.807, 2.05) is 43.9 Å². The number of aromatic nitrogens is 2. The second-order valence-corrected chi connectivity index (χ2v) is 28.8. The zero-order valence-corrected chi connectivity index (χ0v) is 68.2. The second-order valence-electron chi connectivity index (χ2n) is 28.8. The molecule has 35 heteroatoms. The molecule has 632 valence electrons. The number of nitrogens with two attached hydrogens (primary N) is 1. The Morgan fingerprint density at radius 1 is 0.429 bits per heavy atom. The van der Waals surface area contributed by atoms with Gasteiger partial charge in [-0.25, -0.2) is 4.98 Å². The van der Waals surface area contributed by atoms with Gasteiger partial charge >= 0.3 is 44.6 Å². The third kappa shape index (κ3) is 28.4. The number of carbonyl (C=O) groups is 11. The van der Waals surface area contributed by atoms with Crippen molar-refractivity contribution in [1.82, 2.24) is 88.1 Å². The molecule has 0 saturated heterocycles. The van der Waals surface area contributed by atoms with E-state index >= 15 is 0 Å². The maximum absolute atomic E-state index is 14.7. The van der Waals surface area contributed by atoms with Crippen LogP contribution in [-0.2, 0) is 29.3 Å². The summed E-state index contributed by atoms with van der Waals surface area (Å²) in [7, 11) is 0. The maximum Gasteiger partial charge on any atom is 3.00 e. The standard InChI is InChI=1S/C84H104N18O16.Tb/c85-68-30-32-94-84(98-68)118-54-57-24-22-55(23-25-57)52-96-75(109)58-28-26-56(27-29-58)51-95-70(104)21-4-2-1-3-20-69(103)86-31-6-5-11-59-53-102-46-39-93-81(115)65-17-9-16-64(73(65)107)78(112)89-35-42-100(43-36-92-82(116)66-18-10-19-67(74(66)108)83(117)97-59)48-47-99-40-33-87-76(110)60-12-7-14-62(71(60)105)79(113)90-37-44-101(49-50-102)45-38-91-80(114)63-15-8-13-61(72(63)106)77(111)88-34-41-99;/h7-10,12-19,22-30,32,59,105-108H,1-6,11,20-21,31,33-54H2,(H,86,103)(H,87,110)(H,88,111)(H,89,112)(H,90,113)(H,91,114)(H,92,116)(H,93,115)(H,95,104)(H,96,109)(H,97,117)(H2,85,94,98);/q;+3/p-3. The number of anilines is 1. The molecular weight excluding hydrogens is 1680 g/mol. The fourth-order valence-corrected chi connectivity index (χ4v) is 13.6. The Bertz CT molecular complexity index is 4590. The van der Waals surface area contributed by atoms with Gasteiger partial charge in [-0.2, -0.15) is 4.98 Å². The van der Waals surface area contributed by atoms with Crippen molar-refractivity contribution < 1.29 is 117 Å². The largest absolute Gasteiger partial charge is 3.00 e. The number of phenols is 1. The van der Waals surface area contributed by atoms with Gasteiger partial charge in [0.1, 0.15) is 18.2 Å². The fourth-order valence-electron chi connectivity index (χ4n) is 13.6. The van der Waals surface area contributed by atoms with E-state index < -0.39 is 76.3 Å². The Kier molecular flexibility index (Phi) is 36.2. The van der Waals surface area contributed by atoms with Gasteiger partial charge in [-0.15, -0.1) is 0 Å². The van der Waals surface area contributed by atoms with E-state index in [0.717, 1.165) is 16.7 Å². The van der Waals surface area contributed by atoms with E-state index in [2.05, 4.69) is 68.5 Å². The first-order valence-electron chi connectivity index (χ1n) is 39.7. The van der Waals surface area contributed by atoms with Crippen LogP contribution in [0.1, 0.15) is 168 Å². The molecular formula is C84H101N18O16Tb. The van der Waals surface area contributed by atoms with Crippen molar-refractivity contribution in [3.8, 4) is 29.0 Å². The Hall–Kier alpha value is -11.5. The predicted molar refractivity (Wildman–Crippen MR) is 430 cm³/mol. The minimum absolute atomic E-state index is 0. The van der Waals surface area contributed by atoms with Crippen LogP contribution in [0.4, 0.5) is 5.82 Å². The molecule has 7 aromatic rings. The number of unbranched alkanes of at least 4 members (excludes halogenated alkanes) is 4. The first-order valence-corrected chi connectivity index (χ1v) is 39.7. The van der Waals surface area contributed by atoms with Gasteiger partial charge in [0.25, 0.3) is 53.2 Å². The van der Waals surface area contributed by atoms with E-state index in [1.54, 1.807) is 30.3 Å². The number of amides is 11. The van der Waals surface area contributed by atoms with Gasteiger partial charge in [-0.05, 0) is 79.1 Å². The molecule has 11 amide bonds. The van der Waals surface area contributed by atoms with Gasteiger partial charge in [0.2, 0.25) is 11.8 Å². The summed E-state index contributed by atoms with van der Waals surface area (Å²) in [5, 5.41) is 85.2. The quantitative estimate of drug-likeness (QED) is 0.0473. The number of nitrogens with one attached hydrogen (secondary N) is 11. The van der Waals surface area contributed by atoms with Gasteiger partial charge < -0.3 is 89.4 Å². The number of rotatable bonds is 20. The summed E-state index contributed by atoms with van der Waals surface area (Å²) in [6.07, 6.45) is 5.80. The average Bonchev–Trinajstić information content (AvgIpc) is 0.838. The van der Waals surface area contributed by atoms with Gasteiger partial charge in [-0.1, -0.05) is 127 Å². The van der Waals surface area contributed by atoms with Crippen molar-refractivity contribution in [2.45, 2.75) is 83.5 Å². The molecule has 14 N–H and O–H groups in total. The molecule has 4 aliphatic rings. The number of nitrogen functional groups attached to an aromatic ring is 1. The number of carbonyl (C=O) groups excluding carboxylic acids is 11. The molecule has 1 aromatic heterocycles. The van der Waals surface area contributed by atoms with Crippen molar-refractivity contribution >= 4 is 70.8 Å². The Morgan fingerprint density at radius 2 is 0.790 bits per heavy atom. The summed E-state index contributed by atoms with van der Waals surface area (Å²) >= 11 is 0. The number of hydrogen-bond donors (Lipinski definition) is 13. The number of aromatic hydroxyl groups is 1. The maximum atomic E-state index is 14.7. The van der Waals surface area contributed by atoms with E-state index in [4.69, 9.17) is 10.5 Å². The van der Waals surface area contributed by atoms with Crippen LogP contribution in [0.3, 0.4) is 0 Å². The van der Waals surface area contributed by atoms with Crippen molar-refractivity contribution in [3.05, 3.63) is 200 Å². The Morgan fingerprint density at radius 3 is 1.22 bits per heavy atom. The number of fused-ring (bicyclic) bond motifs is 16. The number of phenolic OH excluding ortho intramolecular Hbond substituents is 1. The number of nitrogens with zero attached hydrogens (tertiary/aromatic N) is 6. The van der Waals surface area contributed by atoms with Crippen molar-refractivity contribution in [1.29, 1.82) is 0 Å². The molecule has 11 rings (SSSR count). The number of ether oxygens (including phenoxy) is 1. The van der Waals surface area contributed by atoms with Crippen LogP contribution in [0, 0.1) is 38.6 Å². The topological polar surface area (TPSA) is 483 Å². The first-order chi connectivity index (χ1) is 57.1. The van der Waals surface area contributed by atoms with Crippen LogP contribution in [0.2, 0.25) is 0 Å². The zero-order chi connectivity index (χ0) is 83.7. The van der Waals surface area contributed by atoms with Crippen LogP contribution in [-0.4, -0.2) is 237 Å². The summed E-state index contributed by atoms with van der Waals surface area (Å²) in [5.74, 6) is -9.27. The minimum Gasteiger partial charge on any atom is -0.871 e. The second kappa shape index (κ2) is 47.2. The van der Waals surface area contributed by atoms with Crippen molar-refractivity contribution in [2.75, 3.05) is 137 Å². The Balaban J connectivity index is 0.0000161. The monoisotopic (exact) mass is 1780 g/mol. The number of hydrogen-bond acceptors (Lipinski definition) is 23. The molecule has 0 spiro atoms. The molecule has 34 nitrogen and oxygen atoms in total. The van der Waals surface area contributed by atoms with Crippen molar-refractivity contribution in [2.24, 2.45) is 0 Å². The number of benzene rings is 6. The third-order valence-corrected chi connectivity index (χ3v) is 20.4. The fraction of sp³-hybridized carbons (Fsp3) is 0.393. The molecule has 4 aliphatic heterocycles. The summed E-state index contributed by atoms with van der Waals surface area (Å²) in [4.78, 5) is 167. The molecule has 3 unspecified atom stereocenters.